The van der Waals surface area contributed by atoms with Crippen molar-refractivity contribution in [1.29, 1.82) is 0 Å². The van der Waals surface area contributed by atoms with Crippen molar-refractivity contribution in [2.45, 2.75) is 11.8 Å². The summed E-state index contributed by atoms with van der Waals surface area (Å²) in [6, 6.07) is 2.25. The lowest BCUT2D eigenvalue weighted by Crippen LogP contribution is -2.15. The maximum Gasteiger partial charge on any atom is 0.329 e. The van der Waals surface area contributed by atoms with Crippen LogP contribution in [0.1, 0.15) is 5.89 Å². The number of nitrogens with one attached hydrogen (secondary N) is 1. The van der Waals surface area contributed by atoms with E-state index in [9.17, 15) is 22.9 Å². The Morgan fingerprint density at radius 1 is 1.40 bits per heavy atom. The summed E-state index contributed by atoms with van der Waals surface area (Å²) in [7, 11) is -4.43. The van der Waals surface area contributed by atoms with Crippen molar-refractivity contribution >= 4 is 21.7 Å². The number of rotatable bonds is 4. The molecule has 0 bridgehead atoms. The minimum absolute atomic E-state index is 0.0939. The van der Waals surface area contributed by atoms with Crippen molar-refractivity contribution in [3.05, 3.63) is 40.0 Å². The molecule has 0 saturated heterocycles. The van der Waals surface area contributed by atoms with Gasteiger partial charge in [0.15, 0.2) is 4.90 Å². The van der Waals surface area contributed by atoms with Crippen LogP contribution in [-0.4, -0.2) is 23.5 Å². The molecule has 1 heterocycles. The fourth-order valence-corrected chi connectivity index (χ4v) is 2.50. The van der Waals surface area contributed by atoms with Gasteiger partial charge in [0.05, 0.1) is 4.92 Å². The van der Waals surface area contributed by atoms with Crippen molar-refractivity contribution in [2.75, 3.05) is 4.72 Å². The highest BCUT2D eigenvalue weighted by atomic mass is 32.2. The lowest BCUT2D eigenvalue weighted by molar-refractivity contribution is -0.390. The first-order valence-corrected chi connectivity index (χ1v) is 6.55. The van der Waals surface area contributed by atoms with E-state index in [1.807, 2.05) is 4.72 Å². The summed E-state index contributed by atoms with van der Waals surface area (Å²) in [5.41, 5.74) is -1.16. The molecule has 2 rings (SSSR count). The minimum Gasteiger partial charge on any atom is -0.408 e. The van der Waals surface area contributed by atoms with Crippen molar-refractivity contribution in [3.63, 3.8) is 0 Å². The molecule has 0 unspecified atom stereocenters. The number of halogens is 1. The molecule has 0 aliphatic heterocycles. The molecule has 106 valence electrons. The predicted molar refractivity (Wildman–Crippen MR) is 62.9 cm³/mol. The van der Waals surface area contributed by atoms with Crippen LogP contribution in [0.3, 0.4) is 0 Å². The highest BCUT2D eigenvalue weighted by Crippen LogP contribution is 2.27. The molecule has 1 aromatic carbocycles. The second kappa shape index (κ2) is 4.85. The number of hydrogen-bond acceptors (Lipinski definition) is 7. The van der Waals surface area contributed by atoms with Crippen LogP contribution in [-0.2, 0) is 10.0 Å². The lowest BCUT2D eigenvalue weighted by Gasteiger charge is -2.05. The standard InChI is InChI=1S/C9H7FN4O5S/c1-5-11-12-9(19-5)13-20(17,18)7-4-2-3-6(10)8(7)14(15)16/h2-4H,1H3,(H,12,13). The SMILES string of the molecule is Cc1nnc(NS(=O)(=O)c2cccc(F)c2[N+](=O)[O-])o1. The molecule has 0 aliphatic rings. The number of nitro groups is 1. The molecular formula is C9H7FN4O5S. The Hall–Kier alpha value is -2.56. The number of benzene rings is 1. The average Bonchev–Trinajstić information content (AvgIpc) is 2.73. The molecule has 20 heavy (non-hydrogen) atoms. The molecule has 9 nitrogen and oxygen atoms in total. The van der Waals surface area contributed by atoms with Gasteiger partial charge < -0.3 is 4.42 Å². The quantitative estimate of drug-likeness (QED) is 0.664. The van der Waals surface area contributed by atoms with Crippen LogP contribution in [0, 0.1) is 22.9 Å². The Balaban J connectivity index is 2.50. The van der Waals surface area contributed by atoms with Crippen molar-refractivity contribution in [2.24, 2.45) is 0 Å². The van der Waals surface area contributed by atoms with Crippen LogP contribution in [0.4, 0.5) is 16.1 Å². The number of aromatic nitrogens is 2. The number of aryl methyl sites for hydroxylation is 1. The molecular weight excluding hydrogens is 295 g/mol. The fourth-order valence-electron chi connectivity index (χ4n) is 1.40. The highest BCUT2D eigenvalue weighted by molar-refractivity contribution is 7.92. The van der Waals surface area contributed by atoms with E-state index in [1.54, 1.807) is 0 Å². The topological polar surface area (TPSA) is 128 Å². The largest absolute Gasteiger partial charge is 0.408 e. The van der Waals surface area contributed by atoms with E-state index < -0.39 is 37.4 Å². The number of hydrogen-bond donors (Lipinski definition) is 1. The average molecular weight is 302 g/mol. The second-order valence-electron chi connectivity index (χ2n) is 3.58. The smallest absolute Gasteiger partial charge is 0.329 e. The van der Waals surface area contributed by atoms with Gasteiger partial charge in [-0.25, -0.2) is 13.1 Å². The Morgan fingerprint density at radius 2 is 2.10 bits per heavy atom. The Labute approximate surface area is 111 Å². The monoisotopic (exact) mass is 302 g/mol. The highest BCUT2D eigenvalue weighted by Gasteiger charge is 2.30. The molecule has 1 aromatic heterocycles. The van der Waals surface area contributed by atoms with Gasteiger partial charge in [-0.2, -0.15) is 4.39 Å². The van der Waals surface area contributed by atoms with E-state index in [0.29, 0.717) is 0 Å². The van der Waals surface area contributed by atoms with Crippen LogP contribution in [0.15, 0.2) is 27.5 Å². The van der Waals surface area contributed by atoms with Gasteiger partial charge in [0.25, 0.3) is 10.0 Å². The van der Waals surface area contributed by atoms with Gasteiger partial charge in [-0.3, -0.25) is 10.1 Å². The summed E-state index contributed by atoms with van der Waals surface area (Å²) >= 11 is 0. The maximum absolute atomic E-state index is 13.4. The first-order chi connectivity index (χ1) is 9.31. The normalized spacial score (nSPS) is 11.3. The minimum atomic E-state index is -4.43. The van der Waals surface area contributed by atoms with E-state index in [2.05, 4.69) is 10.2 Å². The predicted octanol–water partition coefficient (Wildman–Crippen LogP) is 1.23. The van der Waals surface area contributed by atoms with E-state index >= 15 is 0 Å². The first-order valence-electron chi connectivity index (χ1n) is 5.07. The van der Waals surface area contributed by atoms with Crippen LogP contribution in [0.2, 0.25) is 0 Å². The van der Waals surface area contributed by atoms with Crippen molar-refractivity contribution in [1.82, 2.24) is 10.2 Å². The van der Waals surface area contributed by atoms with Crippen molar-refractivity contribution < 1.29 is 22.1 Å². The van der Waals surface area contributed by atoms with Gasteiger partial charge in [0.2, 0.25) is 11.7 Å². The number of anilines is 1. The third-order valence-corrected chi connectivity index (χ3v) is 3.52. The zero-order valence-electron chi connectivity index (χ0n) is 9.90. The molecule has 0 atom stereocenters. The van der Waals surface area contributed by atoms with E-state index in [1.165, 1.54) is 6.92 Å². The lowest BCUT2D eigenvalue weighted by atomic mass is 10.3. The summed E-state index contributed by atoms with van der Waals surface area (Å²) < 4.78 is 44.0. The van der Waals surface area contributed by atoms with Crippen molar-refractivity contribution in [3.8, 4) is 0 Å². The van der Waals surface area contributed by atoms with Crippen LogP contribution < -0.4 is 4.72 Å². The molecule has 0 aliphatic carbocycles. The summed E-state index contributed by atoms with van der Waals surface area (Å²) in [5.74, 6) is -1.17. The van der Waals surface area contributed by atoms with Gasteiger partial charge in [-0.05, 0) is 12.1 Å². The molecule has 1 N–H and O–H groups in total. The zero-order chi connectivity index (χ0) is 14.9. The number of nitro benzene ring substituents is 1. The molecule has 11 heteroatoms. The van der Waals surface area contributed by atoms with E-state index in [0.717, 1.165) is 18.2 Å². The Bertz CT molecular complexity index is 772. The molecule has 2 aromatic rings. The molecule has 0 spiro atoms. The number of nitrogens with zero attached hydrogens (tertiary/aromatic N) is 3. The molecule has 0 fully saturated rings. The zero-order valence-corrected chi connectivity index (χ0v) is 10.7. The maximum atomic E-state index is 13.4. The summed E-state index contributed by atoms with van der Waals surface area (Å²) in [6.45, 7) is 1.43. The molecule has 0 amide bonds. The second-order valence-corrected chi connectivity index (χ2v) is 5.23. The Kier molecular flexibility index (Phi) is 3.36. The van der Waals surface area contributed by atoms with Crippen LogP contribution in [0.5, 0.6) is 0 Å². The Morgan fingerprint density at radius 3 is 2.65 bits per heavy atom. The first kappa shape index (κ1) is 13.9. The summed E-state index contributed by atoms with van der Waals surface area (Å²) in [4.78, 5) is 8.81. The molecule has 0 saturated carbocycles. The summed E-state index contributed by atoms with van der Waals surface area (Å²) in [6.07, 6.45) is 0. The third kappa shape index (κ3) is 2.56. The third-order valence-electron chi connectivity index (χ3n) is 2.17. The van der Waals surface area contributed by atoms with E-state index in [-0.39, 0.29) is 5.89 Å². The summed E-state index contributed by atoms with van der Waals surface area (Å²) in [5, 5.41) is 17.5. The van der Waals surface area contributed by atoms with Crippen LogP contribution in [0.25, 0.3) is 0 Å². The van der Waals surface area contributed by atoms with Gasteiger partial charge in [0, 0.05) is 6.92 Å². The van der Waals surface area contributed by atoms with Gasteiger partial charge >= 0.3 is 11.7 Å². The van der Waals surface area contributed by atoms with Gasteiger partial charge in [-0.15, -0.1) is 5.10 Å². The van der Waals surface area contributed by atoms with Gasteiger partial charge in [0.1, 0.15) is 0 Å². The van der Waals surface area contributed by atoms with E-state index in [4.69, 9.17) is 4.42 Å². The van der Waals surface area contributed by atoms with Gasteiger partial charge in [-0.1, -0.05) is 11.2 Å². The fraction of sp³-hybridized carbons (Fsp3) is 0.111. The number of para-hydroxylation sites is 1. The number of sulfonamides is 1. The van der Waals surface area contributed by atoms with Crippen LogP contribution >= 0.6 is 0 Å². The molecule has 0 radical (unpaired) electrons.